The highest BCUT2D eigenvalue weighted by Crippen LogP contribution is 2.34. The van der Waals surface area contributed by atoms with Crippen molar-refractivity contribution in [1.29, 1.82) is 0 Å². The van der Waals surface area contributed by atoms with E-state index in [-0.39, 0.29) is 0 Å². The average Bonchev–Trinajstić information content (AvgIpc) is 3.09. The van der Waals surface area contributed by atoms with Crippen molar-refractivity contribution in [2.45, 2.75) is 44.9 Å². The molecule has 2 aromatic rings. The summed E-state index contributed by atoms with van der Waals surface area (Å²) in [7, 11) is 0. The van der Waals surface area contributed by atoms with Crippen LogP contribution in [0.25, 0.3) is 11.3 Å². The number of nitrogens with zero attached hydrogens (tertiary/aromatic N) is 3. The second-order valence-electron chi connectivity index (χ2n) is 7.45. The second kappa shape index (κ2) is 8.04. The summed E-state index contributed by atoms with van der Waals surface area (Å²) in [6.45, 7) is 4.73. The Hall–Kier alpha value is -2.14. The van der Waals surface area contributed by atoms with Gasteiger partial charge in [0.05, 0.1) is 5.69 Å². The number of nitrogens with one attached hydrogen (secondary N) is 1. The van der Waals surface area contributed by atoms with Crippen molar-refractivity contribution in [2.75, 3.05) is 37.2 Å². The van der Waals surface area contributed by atoms with Crippen molar-refractivity contribution in [2.24, 2.45) is 0 Å². The predicted molar refractivity (Wildman–Crippen MR) is 107 cm³/mol. The fourth-order valence-corrected chi connectivity index (χ4v) is 4.21. The number of anilines is 2. The lowest BCUT2D eigenvalue weighted by atomic mass is 10.0. The van der Waals surface area contributed by atoms with Crippen LogP contribution < -0.4 is 11.1 Å². The fraction of sp³-hybridized carbons (Fsp3) is 0.524. The molecule has 138 valence electrons. The first-order valence-corrected chi connectivity index (χ1v) is 10.0. The molecule has 1 aliphatic carbocycles. The smallest absolute Gasteiger partial charge is 0.222 e. The topological polar surface area (TPSA) is 67.1 Å². The number of fused-ring (bicyclic) bond motifs is 3. The molecule has 0 unspecified atom stereocenters. The molecule has 0 atom stereocenters. The van der Waals surface area contributed by atoms with Crippen LogP contribution in [0.1, 0.15) is 43.2 Å². The summed E-state index contributed by atoms with van der Waals surface area (Å²) in [5.74, 6) is 1.30. The van der Waals surface area contributed by atoms with Crippen LogP contribution >= 0.6 is 0 Å². The predicted octanol–water partition coefficient (Wildman–Crippen LogP) is 3.50. The number of benzene rings is 1. The van der Waals surface area contributed by atoms with E-state index in [0.29, 0.717) is 5.95 Å². The lowest BCUT2D eigenvalue weighted by Gasteiger charge is -2.16. The first-order valence-electron chi connectivity index (χ1n) is 10.0. The van der Waals surface area contributed by atoms with Crippen LogP contribution in [0.2, 0.25) is 0 Å². The first-order chi connectivity index (χ1) is 12.8. The highest BCUT2D eigenvalue weighted by molar-refractivity contribution is 5.73. The molecular weight excluding hydrogens is 322 g/mol. The van der Waals surface area contributed by atoms with Crippen molar-refractivity contribution >= 4 is 11.8 Å². The summed E-state index contributed by atoms with van der Waals surface area (Å²) in [5, 5.41) is 3.55. The fourth-order valence-electron chi connectivity index (χ4n) is 4.21. The highest BCUT2D eigenvalue weighted by atomic mass is 15.1. The summed E-state index contributed by atoms with van der Waals surface area (Å²) < 4.78 is 0. The van der Waals surface area contributed by atoms with Gasteiger partial charge in [-0.3, -0.25) is 0 Å². The Balaban J connectivity index is 1.45. The first kappa shape index (κ1) is 17.3. The lowest BCUT2D eigenvalue weighted by molar-refractivity contribution is 0.331. The third kappa shape index (κ3) is 3.83. The van der Waals surface area contributed by atoms with Gasteiger partial charge in [-0.25, -0.2) is 4.98 Å². The number of hydrogen-bond acceptors (Lipinski definition) is 5. The number of unbranched alkanes of at least 4 members (excludes halogenated alkanes) is 1. The van der Waals surface area contributed by atoms with Crippen molar-refractivity contribution in [3.05, 3.63) is 35.4 Å². The molecule has 0 bridgehead atoms. The third-order valence-electron chi connectivity index (χ3n) is 5.56. The number of nitrogen functional groups attached to an aromatic ring is 1. The Morgan fingerprint density at radius 1 is 1.00 bits per heavy atom. The number of aromatic nitrogens is 2. The number of rotatable bonds is 6. The van der Waals surface area contributed by atoms with E-state index in [2.05, 4.69) is 44.5 Å². The van der Waals surface area contributed by atoms with Gasteiger partial charge < -0.3 is 16.0 Å². The van der Waals surface area contributed by atoms with Gasteiger partial charge in [-0.2, -0.15) is 4.98 Å². The molecule has 1 aromatic carbocycles. The van der Waals surface area contributed by atoms with Gasteiger partial charge in [0, 0.05) is 17.7 Å². The van der Waals surface area contributed by atoms with Gasteiger partial charge in [0.2, 0.25) is 5.95 Å². The van der Waals surface area contributed by atoms with E-state index in [4.69, 9.17) is 5.73 Å². The molecule has 5 heteroatoms. The summed E-state index contributed by atoms with van der Waals surface area (Å²) in [5.41, 5.74) is 10.9. The molecule has 3 N–H and O–H groups in total. The molecule has 2 aliphatic rings. The number of nitrogens with two attached hydrogens (primary N) is 1. The van der Waals surface area contributed by atoms with Crippen LogP contribution in [0.15, 0.2) is 24.3 Å². The van der Waals surface area contributed by atoms with Gasteiger partial charge in [-0.15, -0.1) is 0 Å². The van der Waals surface area contributed by atoms with Gasteiger partial charge >= 0.3 is 0 Å². The Morgan fingerprint density at radius 3 is 2.73 bits per heavy atom. The normalized spacial score (nSPS) is 16.8. The monoisotopic (exact) mass is 351 g/mol. The van der Waals surface area contributed by atoms with Gasteiger partial charge in [-0.1, -0.05) is 24.3 Å². The minimum atomic E-state index is 0.361. The Labute approximate surface area is 156 Å². The van der Waals surface area contributed by atoms with Crippen LogP contribution in [0, 0.1) is 0 Å². The van der Waals surface area contributed by atoms with E-state index in [9.17, 15) is 0 Å². The zero-order valence-electron chi connectivity index (χ0n) is 15.5. The molecule has 1 aromatic heterocycles. The van der Waals surface area contributed by atoms with Crippen molar-refractivity contribution in [1.82, 2.24) is 14.9 Å². The van der Waals surface area contributed by atoms with E-state index in [1.807, 2.05) is 0 Å². The molecule has 2 heterocycles. The van der Waals surface area contributed by atoms with Gasteiger partial charge in [0.1, 0.15) is 5.82 Å². The van der Waals surface area contributed by atoms with Gasteiger partial charge in [0.15, 0.2) is 0 Å². The standard InChI is InChI=1S/C21H29N5/c22-21-24-19-17-10-2-1-8-16(17)9-7-11-18(19)20(25-21)23-12-3-4-13-26-14-5-6-15-26/h1-2,8,10H,3-7,9,11-15H2,(H3,22,23,24,25). The van der Waals surface area contributed by atoms with Crippen LogP contribution in [-0.4, -0.2) is 41.0 Å². The van der Waals surface area contributed by atoms with Gasteiger partial charge in [0.25, 0.3) is 0 Å². The van der Waals surface area contributed by atoms with E-state index in [1.165, 1.54) is 55.6 Å². The SMILES string of the molecule is Nc1nc(NCCCCN2CCCC2)c2c(n1)-c1ccccc1CCC2. The number of hydrogen-bond donors (Lipinski definition) is 2. The molecule has 0 saturated carbocycles. The zero-order valence-corrected chi connectivity index (χ0v) is 15.5. The highest BCUT2D eigenvalue weighted by Gasteiger charge is 2.20. The molecule has 26 heavy (non-hydrogen) atoms. The lowest BCUT2D eigenvalue weighted by Crippen LogP contribution is -2.21. The van der Waals surface area contributed by atoms with Crippen molar-refractivity contribution < 1.29 is 0 Å². The Morgan fingerprint density at radius 2 is 1.85 bits per heavy atom. The van der Waals surface area contributed by atoms with Crippen LogP contribution in [0.5, 0.6) is 0 Å². The van der Waals surface area contributed by atoms with E-state index in [1.54, 1.807) is 0 Å². The minimum Gasteiger partial charge on any atom is -0.370 e. The second-order valence-corrected chi connectivity index (χ2v) is 7.45. The molecule has 1 aliphatic heterocycles. The maximum absolute atomic E-state index is 6.04. The molecule has 0 spiro atoms. The molecule has 0 radical (unpaired) electrons. The summed E-state index contributed by atoms with van der Waals surface area (Å²) in [4.78, 5) is 11.7. The molecule has 1 saturated heterocycles. The molecular formula is C21H29N5. The summed E-state index contributed by atoms with van der Waals surface area (Å²) >= 11 is 0. The number of likely N-dealkylation sites (tertiary alicyclic amines) is 1. The molecule has 4 rings (SSSR count). The van der Waals surface area contributed by atoms with Crippen LogP contribution in [-0.2, 0) is 12.8 Å². The van der Waals surface area contributed by atoms with Crippen molar-refractivity contribution in [3.63, 3.8) is 0 Å². The van der Waals surface area contributed by atoms with Crippen LogP contribution in [0.3, 0.4) is 0 Å². The molecule has 5 nitrogen and oxygen atoms in total. The number of aryl methyl sites for hydroxylation is 1. The summed E-state index contributed by atoms with van der Waals surface area (Å²) in [6.07, 6.45) is 8.34. The van der Waals surface area contributed by atoms with Crippen molar-refractivity contribution in [3.8, 4) is 11.3 Å². The quantitative estimate of drug-likeness (QED) is 0.780. The molecule has 0 amide bonds. The van der Waals surface area contributed by atoms with E-state index >= 15 is 0 Å². The minimum absolute atomic E-state index is 0.361. The Kier molecular flexibility index (Phi) is 5.34. The average molecular weight is 351 g/mol. The third-order valence-corrected chi connectivity index (χ3v) is 5.56. The maximum Gasteiger partial charge on any atom is 0.222 e. The summed E-state index contributed by atoms with van der Waals surface area (Å²) in [6, 6.07) is 8.55. The maximum atomic E-state index is 6.04. The molecule has 1 fully saturated rings. The zero-order chi connectivity index (χ0) is 17.8. The Bertz CT molecular complexity index is 752. The van der Waals surface area contributed by atoms with Gasteiger partial charge in [-0.05, 0) is 70.1 Å². The largest absolute Gasteiger partial charge is 0.370 e. The van der Waals surface area contributed by atoms with E-state index in [0.717, 1.165) is 43.7 Å². The van der Waals surface area contributed by atoms with E-state index < -0.39 is 0 Å². The van der Waals surface area contributed by atoms with Crippen LogP contribution in [0.4, 0.5) is 11.8 Å².